The number of nitrogens with one attached hydrogen (secondary N) is 1. The van der Waals surface area contributed by atoms with Crippen molar-refractivity contribution in [2.75, 3.05) is 25.5 Å². The smallest absolute Gasteiger partial charge is 0.270 e. The molecule has 4 rings (SSSR count). The van der Waals surface area contributed by atoms with Crippen LogP contribution in [0.2, 0.25) is 0 Å². The van der Waals surface area contributed by atoms with E-state index in [1.807, 2.05) is 54.2 Å². The van der Waals surface area contributed by atoms with E-state index in [1.54, 1.807) is 11.3 Å². The molecule has 23 heavy (non-hydrogen) atoms. The van der Waals surface area contributed by atoms with Gasteiger partial charge in [-0.25, -0.2) is 4.98 Å². The van der Waals surface area contributed by atoms with Crippen molar-refractivity contribution >= 4 is 33.3 Å². The van der Waals surface area contributed by atoms with Gasteiger partial charge in [-0.05, 0) is 12.1 Å². The first kappa shape index (κ1) is 14.3. The van der Waals surface area contributed by atoms with Gasteiger partial charge in [0.2, 0.25) is 0 Å². The summed E-state index contributed by atoms with van der Waals surface area (Å²) in [6, 6.07) is 9.90. The molecule has 1 aliphatic rings. The lowest BCUT2D eigenvalue weighted by Gasteiger charge is -2.25. The molecule has 2 aromatic heterocycles. The summed E-state index contributed by atoms with van der Waals surface area (Å²) in [5.41, 5.74) is 2.80. The fourth-order valence-electron chi connectivity index (χ4n) is 2.91. The molecular formula is C17H18N4OS. The number of fused-ring (bicyclic) bond motifs is 2. The van der Waals surface area contributed by atoms with Crippen LogP contribution in [0.1, 0.15) is 21.1 Å². The third kappa shape index (κ3) is 2.49. The Bertz CT molecular complexity index is 847. The maximum absolute atomic E-state index is 12.8. The van der Waals surface area contributed by atoms with Crippen LogP contribution in [0.15, 0.2) is 30.3 Å². The van der Waals surface area contributed by atoms with E-state index in [0.717, 1.165) is 34.7 Å². The first-order valence-corrected chi connectivity index (χ1v) is 8.46. The second kappa shape index (κ2) is 5.38. The zero-order chi connectivity index (χ0) is 16.0. The first-order chi connectivity index (χ1) is 11.1. The molecule has 1 amide bonds. The molecule has 0 aliphatic carbocycles. The number of hydrogen-bond acceptors (Lipinski definition) is 4. The van der Waals surface area contributed by atoms with Gasteiger partial charge >= 0.3 is 0 Å². The Labute approximate surface area is 138 Å². The fraction of sp³-hybridized carbons (Fsp3) is 0.294. The molecule has 1 N–H and O–H groups in total. The summed E-state index contributed by atoms with van der Waals surface area (Å²) in [7, 11) is 4.00. The average molecular weight is 326 g/mol. The number of carbonyl (C=O) groups excluding carboxylic acids is 1. The molecule has 5 nitrogen and oxygen atoms in total. The molecule has 0 fully saturated rings. The standard InChI is InChI=1S/C17H18N4OS/c1-20(2)17-19-13-7-8-21(10-15(13)23-17)16(22)14-9-11-5-3-4-6-12(11)18-14/h3-6,9,18H,7-8,10H2,1-2H3. The predicted molar refractivity (Wildman–Crippen MR) is 93.2 cm³/mol. The molecule has 6 heteroatoms. The van der Waals surface area contributed by atoms with Gasteiger partial charge < -0.3 is 14.8 Å². The van der Waals surface area contributed by atoms with Crippen LogP contribution >= 0.6 is 11.3 Å². The number of benzene rings is 1. The van der Waals surface area contributed by atoms with Gasteiger partial charge in [-0.1, -0.05) is 29.5 Å². The molecule has 0 saturated heterocycles. The molecule has 3 aromatic rings. The van der Waals surface area contributed by atoms with Gasteiger partial charge in [-0.2, -0.15) is 0 Å². The molecule has 118 valence electrons. The summed E-state index contributed by atoms with van der Waals surface area (Å²) in [5, 5.41) is 2.08. The first-order valence-electron chi connectivity index (χ1n) is 7.65. The maximum Gasteiger partial charge on any atom is 0.270 e. The van der Waals surface area contributed by atoms with Crippen LogP contribution in [-0.4, -0.2) is 41.4 Å². The van der Waals surface area contributed by atoms with Gasteiger partial charge in [0.15, 0.2) is 5.13 Å². The van der Waals surface area contributed by atoms with E-state index in [1.165, 1.54) is 4.88 Å². The highest BCUT2D eigenvalue weighted by atomic mass is 32.1. The monoisotopic (exact) mass is 326 g/mol. The highest BCUT2D eigenvalue weighted by molar-refractivity contribution is 7.15. The molecule has 1 aromatic carbocycles. The van der Waals surface area contributed by atoms with Gasteiger partial charge in [0.05, 0.1) is 12.2 Å². The van der Waals surface area contributed by atoms with Gasteiger partial charge in [-0.15, -0.1) is 0 Å². The van der Waals surface area contributed by atoms with Crippen molar-refractivity contribution in [1.82, 2.24) is 14.9 Å². The molecule has 0 atom stereocenters. The van der Waals surface area contributed by atoms with Crippen molar-refractivity contribution in [3.63, 3.8) is 0 Å². The van der Waals surface area contributed by atoms with Gasteiger partial charge in [0, 0.05) is 42.8 Å². The zero-order valence-corrected chi connectivity index (χ0v) is 14.0. The summed E-state index contributed by atoms with van der Waals surface area (Å²) < 4.78 is 0. The Hall–Kier alpha value is -2.34. The van der Waals surface area contributed by atoms with Gasteiger partial charge in [-0.3, -0.25) is 4.79 Å². The van der Waals surface area contributed by atoms with Crippen molar-refractivity contribution in [2.45, 2.75) is 13.0 Å². The summed E-state index contributed by atoms with van der Waals surface area (Å²) in [4.78, 5) is 25.8. The van der Waals surface area contributed by atoms with E-state index in [-0.39, 0.29) is 5.91 Å². The normalized spacial score (nSPS) is 14.1. The number of rotatable bonds is 2. The minimum absolute atomic E-state index is 0.0617. The molecular weight excluding hydrogens is 308 g/mol. The summed E-state index contributed by atoms with van der Waals surface area (Å²) in [5.74, 6) is 0.0617. The lowest BCUT2D eigenvalue weighted by Crippen LogP contribution is -2.35. The van der Waals surface area contributed by atoms with Gasteiger partial charge in [0.25, 0.3) is 5.91 Å². The van der Waals surface area contributed by atoms with Crippen LogP contribution < -0.4 is 4.90 Å². The van der Waals surface area contributed by atoms with Crippen molar-refractivity contribution < 1.29 is 4.79 Å². The number of aromatic nitrogens is 2. The number of para-hydroxylation sites is 1. The van der Waals surface area contributed by atoms with Crippen LogP contribution in [0.4, 0.5) is 5.13 Å². The Morgan fingerprint density at radius 1 is 1.35 bits per heavy atom. The second-order valence-corrected chi connectivity index (χ2v) is 7.07. The van der Waals surface area contributed by atoms with E-state index in [4.69, 9.17) is 0 Å². The van der Waals surface area contributed by atoms with E-state index in [9.17, 15) is 4.79 Å². The quantitative estimate of drug-likeness (QED) is 0.788. The Balaban J connectivity index is 1.59. The third-order valence-electron chi connectivity index (χ3n) is 4.15. The van der Waals surface area contributed by atoms with E-state index >= 15 is 0 Å². The van der Waals surface area contributed by atoms with Crippen LogP contribution in [0, 0.1) is 0 Å². The number of carbonyl (C=O) groups is 1. The van der Waals surface area contributed by atoms with Crippen molar-refractivity contribution in [2.24, 2.45) is 0 Å². The molecule has 3 heterocycles. The summed E-state index contributed by atoms with van der Waals surface area (Å²) in [6.07, 6.45) is 0.825. The fourth-order valence-corrected chi connectivity index (χ4v) is 3.95. The number of anilines is 1. The number of nitrogens with zero attached hydrogens (tertiary/aromatic N) is 3. The SMILES string of the molecule is CN(C)c1nc2c(s1)CN(C(=O)c1cc3ccccc3[nH]1)CC2. The van der Waals surface area contributed by atoms with Crippen LogP contribution in [0.25, 0.3) is 10.9 Å². The Morgan fingerprint density at radius 3 is 2.96 bits per heavy atom. The number of H-pyrrole nitrogens is 1. The van der Waals surface area contributed by atoms with Crippen LogP contribution in [0.5, 0.6) is 0 Å². The second-order valence-electron chi connectivity index (χ2n) is 6.01. The van der Waals surface area contributed by atoms with E-state index in [0.29, 0.717) is 12.2 Å². The van der Waals surface area contributed by atoms with Crippen molar-refractivity contribution in [3.05, 3.63) is 46.6 Å². The van der Waals surface area contributed by atoms with Crippen LogP contribution in [-0.2, 0) is 13.0 Å². The third-order valence-corrected chi connectivity index (χ3v) is 5.40. The molecule has 1 aliphatic heterocycles. The number of hydrogen-bond donors (Lipinski definition) is 1. The highest BCUT2D eigenvalue weighted by Crippen LogP contribution is 2.30. The van der Waals surface area contributed by atoms with Gasteiger partial charge in [0.1, 0.15) is 5.69 Å². The summed E-state index contributed by atoms with van der Waals surface area (Å²) >= 11 is 1.68. The average Bonchev–Trinajstić information content (AvgIpc) is 3.17. The number of aromatic amines is 1. The van der Waals surface area contributed by atoms with E-state index in [2.05, 4.69) is 9.97 Å². The lowest BCUT2D eigenvalue weighted by molar-refractivity contribution is 0.0731. The topological polar surface area (TPSA) is 52.2 Å². The van der Waals surface area contributed by atoms with Crippen LogP contribution in [0.3, 0.4) is 0 Å². The molecule has 0 spiro atoms. The Morgan fingerprint density at radius 2 is 2.17 bits per heavy atom. The molecule has 0 unspecified atom stereocenters. The minimum Gasteiger partial charge on any atom is -0.354 e. The molecule has 0 bridgehead atoms. The number of thiazole rings is 1. The zero-order valence-electron chi connectivity index (χ0n) is 13.2. The predicted octanol–water partition coefficient (Wildman–Crippen LogP) is 2.89. The summed E-state index contributed by atoms with van der Waals surface area (Å²) in [6.45, 7) is 1.37. The maximum atomic E-state index is 12.8. The van der Waals surface area contributed by atoms with Crippen molar-refractivity contribution in [3.8, 4) is 0 Å². The largest absolute Gasteiger partial charge is 0.354 e. The minimum atomic E-state index is 0.0617. The Kier molecular flexibility index (Phi) is 3.34. The lowest BCUT2D eigenvalue weighted by atomic mass is 10.1. The van der Waals surface area contributed by atoms with Crippen molar-refractivity contribution in [1.29, 1.82) is 0 Å². The highest BCUT2D eigenvalue weighted by Gasteiger charge is 2.26. The molecule has 0 radical (unpaired) electrons. The van der Waals surface area contributed by atoms with E-state index < -0.39 is 0 Å². The molecule has 0 saturated carbocycles. The number of amides is 1.